The first-order chi connectivity index (χ1) is 6.63. The third kappa shape index (κ3) is 2.48. The van der Waals surface area contributed by atoms with Crippen LogP contribution in [0, 0.1) is 0 Å². The molecule has 0 aliphatic rings. The Bertz CT molecular complexity index is 373. The molecule has 5 nitrogen and oxygen atoms in total. The van der Waals surface area contributed by atoms with Crippen LogP contribution in [0.3, 0.4) is 0 Å². The molecule has 1 aromatic carbocycles. The molecule has 0 saturated carbocycles. The molecule has 0 aromatic heterocycles. The summed E-state index contributed by atoms with van der Waals surface area (Å²) in [5, 5.41) is 28.7. The molecule has 0 unspecified atom stereocenters. The quantitative estimate of drug-likeness (QED) is 0.379. The number of hydrogen-bond acceptors (Lipinski definition) is 4. The van der Waals surface area contributed by atoms with Crippen molar-refractivity contribution >= 4 is 11.7 Å². The molecule has 0 amide bonds. The smallest absolute Gasteiger partial charge is 0.354 e. The average molecular weight is 195 g/mol. The van der Waals surface area contributed by atoms with Gasteiger partial charge in [0.2, 0.25) is 0 Å². The second-order valence-corrected chi connectivity index (χ2v) is 2.70. The number of aromatic hydroxyl groups is 1. The fourth-order valence-corrected chi connectivity index (χ4v) is 1.01. The number of phenolic OH excluding ortho intramolecular Hbond substituents is 1. The van der Waals surface area contributed by atoms with E-state index in [4.69, 9.17) is 15.4 Å². The summed E-state index contributed by atoms with van der Waals surface area (Å²) in [7, 11) is 0. The van der Waals surface area contributed by atoms with E-state index in [0.717, 1.165) is 0 Å². The van der Waals surface area contributed by atoms with Gasteiger partial charge in [-0.15, -0.1) is 0 Å². The highest BCUT2D eigenvalue weighted by molar-refractivity contribution is 6.35. The predicted octanol–water partition coefficient (Wildman–Crippen LogP) is 0.849. The highest BCUT2D eigenvalue weighted by Gasteiger charge is 2.10. The second kappa shape index (κ2) is 4.27. The molecule has 0 saturated heterocycles. The van der Waals surface area contributed by atoms with E-state index >= 15 is 0 Å². The van der Waals surface area contributed by atoms with Crippen molar-refractivity contribution < 1.29 is 20.2 Å². The molecule has 1 rings (SSSR count). The molecule has 0 bridgehead atoms. The summed E-state index contributed by atoms with van der Waals surface area (Å²) < 4.78 is 0. The van der Waals surface area contributed by atoms with Gasteiger partial charge in [-0.05, 0) is 17.7 Å². The minimum Gasteiger partial charge on any atom is -0.508 e. The highest BCUT2D eigenvalue weighted by Crippen LogP contribution is 2.11. The zero-order valence-corrected chi connectivity index (χ0v) is 7.21. The van der Waals surface area contributed by atoms with Crippen LogP contribution in [0.5, 0.6) is 5.75 Å². The number of nitrogens with zero attached hydrogens (tertiary/aromatic N) is 1. The average Bonchev–Trinajstić information content (AvgIpc) is 2.14. The monoisotopic (exact) mass is 195 g/mol. The molecular weight excluding hydrogens is 186 g/mol. The number of carbonyl (C=O) groups is 1. The van der Waals surface area contributed by atoms with Crippen molar-refractivity contribution in [3.8, 4) is 5.75 Å². The fourth-order valence-electron chi connectivity index (χ4n) is 1.01. The van der Waals surface area contributed by atoms with Crippen LogP contribution in [-0.2, 0) is 11.2 Å². The first-order valence-corrected chi connectivity index (χ1v) is 3.85. The minimum absolute atomic E-state index is 0.0275. The van der Waals surface area contributed by atoms with Crippen molar-refractivity contribution in [1.82, 2.24) is 0 Å². The molecule has 0 aliphatic heterocycles. The molecule has 5 heteroatoms. The zero-order valence-electron chi connectivity index (χ0n) is 7.21. The first kappa shape index (κ1) is 10.0. The Morgan fingerprint density at radius 1 is 1.43 bits per heavy atom. The predicted molar refractivity (Wildman–Crippen MR) is 48.7 cm³/mol. The SMILES string of the molecule is O=C(O)/C(Cc1cccc(O)c1)=N\O. The lowest BCUT2D eigenvalue weighted by Crippen LogP contribution is -2.15. The van der Waals surface area contributed by atoms with Crippen molar-refractivity contribution in [3.05, 3.63) is 29.8 Å². The van der Waals surface area contributed by atoms with Gasteiger partial charge in [-0.25, -0.2) is 4.79 Å². The molecular formula is C9H9NO4. The van der Waals surface area contributed by atoms with E-state index in [1.807, 2.05) is 0 Å². The molecule has 14 heavy (non-hydrogen) atoms. The van der Waals surface area contributed by atoms with Crippen molar-refractivity contribution in [3.63, 3.8) is 0 Å². The lowest BCUT2D eigenvalue weighted by atomic mass is 10.1. The molecule has 0 heterocycles. The van der Waals surface area contributed by atoms with Crippen LogP contribution < -0.4 is 0 Å². The van der Waals surface area contributed by atoms with Gasteiger partial charge in [0.25, 0.3) is 0 Å². The van der Waals surface area contributed by atoms with Crippen molar-refractivity contribution in [2.45, 2.75) is 6.42 Å². The number of oxime groups is 1. The van der Waals surface area contributed by atoms with Gasteiger partial charge >= 0.3 is 5.97 Å². The molecule has 0 atom stereocenters. The zero-order chi connectivity index (χ0) is 10.6. The van der Waals surface area contributed by atoms with Crippen LogP contribution in [-0.4, -0.2) is 27.1 Å². The number of rotatable bonds is 3. The van der Waals surface area contributed by atoms with Gasteiger partial charge in [0.15, 0.2) is 5.71 Å². The summed E-state index contributed by atoms with van der Waals surface area (Å²) in [6.45, 7) is 0. The van der Waals surface area contributed by atoms with Crippen LogP contribution in [0.25, 0.3) is 0 Å². The van der Waals surface area contributed by atoms with Crippen LogP contribution in [0.2, 0.25) is 0 Å². The Morgan fingerprint density at radius 2 is 2.14 bits per heavy atom. The summed E-state index contributed by atoms with van der Waals surface area (Å²) in [6, 6.07) is 6.10. The normalized spacial score (nSPS) is 11.3. The van der Waals surface area contributed by atoms with Gasteiger partial charge in [0.1, 0.15) is 5.75 Å². The number of carboxylic acid groups (broad SMARTS) is 1. The summed E-state index contributed by atoms with van der Waals surface area (Å²) in [4.78, 5) is 10.5. The number of aliphatic carboxylic acids is 1. The van der Waals surface area contributed by atoms with Crippen molar-refractivity contribution in [1.29, 1.82) is 0 Å². The molecule has 0 aliphatic carbocycles. The molecule has 0 radical (unpaired) electrons. The van der Waals surface area contributed by atoms with E-state index in [9.17, 15) is 4.79 Å². The van der Waals surface area contributed by atoms with E-state index in [0.29, 0.717) is 5.56 Å². The second-order valence-electron chi connectivity index (χ2n) is 2.70. The van der Waals surface area contributed by atoms with Crippen LogP contribution in [0.15, 0.2) is 29.4 Å². The maximum absolute atomic E-state index is 10.5. The van der Waals surface area contributed by atoms with E-state index in [1.165, 1.54) is 12.1 Å². The van der Waals surface area contributed by atoms with Crippen molar-refractivity contribution in [2.75, 3.05) is 0 Å². The molecule has 0 spiro atoms. The van der Waals surface area contributed by atoms with Crippen LogP contribution >= 0.6 is 0 Å². The Labute approximate surface area is 79.9 Å². The molecule has 1 aromatic rings. The number of phenols is 1. The van der Waals surface area contributed by atoms with Crippen LogP contribution in [0.1, 0.15) is 5.56 Å². The van der Waals surface area contributed by atoms with E-state index < -0.39 is 5.97 Å². The lowest BCUT2D eigenvalue weighted by molar-refractivity contribution is -0.129. The van der Waals surface area contributed by atoms with E-state index in [-0.39, 0.29) is 17.9 Å². The van der Waals surface area contributed by atoms with Gasteiger partial charge in [-0.3, -0.25) is 0 Å². The largest absolute Gasteiger partial charge is 0.508 e. The Morgan fingerprint density at radius 3 is 2.64 bits per heavy atom. The third-order valence-corrected chi connectivity index (χ3v) is 1.65. The first-order valence-electron chi connectivity index (χ1n) is 3.85. The number of carboxylic acids is 1. The Hall–Kier alpha value is -2.04. The summed E-state index contributed by atoms with van der Waals surface area (Å²) in [5.41, 5.74) is 0.204. The third-order valence-electron chi connectivity index (χ3n) is 1.65. The van der Waals surface area contributed by atoms with Crippen LogP contribution in [0.4, 0.5) is 0 Å². The van der Waals surface area contributed by atoms with E-state index in [1.54, 1.807) is 12.1 Å². The maximum atomic E-state index is 10.5. The standard InChI is InChI=1S/C9H9NO4/c11-7-3-1-2-6(4-7)5-8(10-14)9(12)13/h1-4,11,14H,5H2,(H,12,13)/b10-8-. The number of benzene rings is 1. The summed E-state index contributed by atoms with van der Waals surface area (Å²) in [5.74, 6) is -1.24. The van der Waals surface area contributed by atoms with Gasteiger partial charge in [-0.2, -0.15) is 0 Å². The molecule has 74 valence electrons. The van der Waals surface area contributed by atoms with Crippen molar-refractivity contribution in [2.24, 2.45) is 5.16 Å². The number of hydrogen-bond donors (Lipinski definition) is 3. The van der Waals surface area contributed by atoms with Gasteiger partial charge in [-0.1, -0.05) is 17.3 Å². The van der Waals surface area contributed by atoms with E-state index in [2.05, 4.69) is 5.16 Å². The minimum atomic E-state index is -1.28. The Kier molecular flexibility index (Phi) is 3.06. The Balaban J connectivity index is 2.83. The molecule has 0 fully saturated rings. The maximum Gasteiger partial charge on any atom is 0.354 e. The molecule has 3 N–H and O–H groups in total. The van der Waals surface area contributed by atoms with Gasteiger partial charge < -0.3 is 15.4 Å². The fraction of sp³-hybridized carbons (Fsp3) is 0.111. The lowest BCUT2D eigenvalue weighted by Gasteiger charge is -2.00. The van der Waals surface area contributed by atoms with Gasteiger partial charge in [0.05, 0.1) is 0 Å². The summed E-state index contributed by atoms with van der Waals surface area (Å²) >= 11 is 0. The topological polar surface area (TPSA) is 90.1 Å². The summed E-state index contributed by atoms with van der Waals surface area (Å²) in [6.07, 6.45) is -0.0275. The van der Waals surface area contributed by atoms with Gasteiger partial charge in [0, 0.05) is 6.42 Å². The highest BCUT2D eigenvalue weighted by atomic mass is 16.4.